The molecule has 0 atom stereocenters. The van der Waals surface area contributed by atoms with Crippen molar-refractivity contribution in [1.82, 2.24) is 15.3 Å². The summed E-state index contributed by atoms with van der Waals surface area (Å²) in [7, 11) is 0. The number of aromatic nitrogens is 2. The maximum Gasteiger partial charge on any atom is 0.251 e. The summed E-state index contributed by atoms with van der Waals surface area (Å²) >= 11 is 0. The molecule has 0 spiro atoms. The molecule has 1 amide bonds. The second-order valence-electron chi connectivity index (χ2n) is 5.44. The molecule has 0 bridgehead atoms. The lowest BCUT2D eigenvalue weighted by Crippen LogP contribution is -2.21. The van der Waals surface area contributed by atoms with Crippen LogP contribution in [-0.2, 0) is 11.3 Å². The Balaban J connectivity index is 1.98. The van der Waals surface area contributed by atoms with Crippen molar-refractivity contribution in [3.05, 3.63) is 64.3 Å². The Hall–Kier alpha value is -3.15. The molecule has 0 aliphatic rings. The number of carbonyl (C=O) groups excluding carboxylic acids is 1. The van der Waals surface area contributed by atoms with Crippen LogP contribution < -0.4 is 10.9 Å². The molecule has 2 N–H and O–H groups in total. The molecule has 0 saturated carbocycles. The number of nitrogens with one attached hydrogen (secondary N) is 2. The lowest BCUT2D eigenvalue weighted by atomic mass is 10.1. The van der Waals surface area contributed by atoms with Gasteiger partial charge in [-0.15, -0.1) is 0 Å². The zero-order valence-electron chi connectivity index (χ0n) is 13.4. The molecule has 0 radical (unpaired) electrons. The molecule has 2 aromatic heterocycles. The summed E-state index contributed by atoms with van der Waals surface area (Å²) in [5.74, 6) is 1.61. The van der Waals surface area contributed by atoms with Crippen LogP contribution in [0.15, 0.2) is 51.7 Å². The molecule has 24 heavy (non-hydrogen) atoms. The van der Waals surface area contributed by atoms with Gasteiger partial charge in [0.15, 0.2) is 0 Å². The van der Waals surface area contributed by atoms with E-state index >= 15 is 0 Å². The average molecular weight is 323 g/mol. The van der Waals surface area contributed by atoms with Gasteiger partial charge in [-0.05, 0) is 13.0 Å². The van der Waals surface area contributed by atoms with Gasteiger partial charge in [-0.2, -0.15) is 0 Å². The number of carbonyl (C=O) groups is 1. The van der Waals surface area contributed by atoms with Crippen LogP contribution in [0.1, 0.15) is 18.4 Å². The van der Waals surface area contributed by atoms with E-state index in [0.717, 1.165) is 11.1 Å². The molecule has 0 unspecified atom stereocenters. The van der Waals surface area contributed by atoms with Crippen molar-refractivity contribution in [2.75, 3.05) is 0 Å². The number of aryl methyl sites for hydroxylation is 1. The van der Waals surface area contributed by atoms with Crippen LogP contribution in [0.4, 0.5) is 0 Å². The second-order valence-corrected chi connectivity index (χ2v) is 5.44. The third-order valence-corrected chi connectivity index (χ3v) is 3.54. The normalized spacial score (nSPS) is 10.6. The van der Waals surface area contributed by atoms with E-state index in [0.29, 0.717) is 23.0 Å². The minimum Gasteiger partial charge on any atom is -0.461 e. The standard InChI is InChI=1S/C18H17N3O3/c1-11-15(9-16(24-11)13-6-4-3-5-7-13)18-20-14(8-17(23)21-18)10-19-12(2)22/h3-9H,10H2,1-2H3,(H,19,22)(H,20,21,23). The van der Waals surface area contributed by atoms with Gasteiger partial charge in [0, 0.05) is 18.6 Å². The SMILES string of the molecule is CC(=O)NCc1cc(=O)[nH]c(-c2cc(-c3ccccc3)oc2C)n1. The van der Waals surface area contributed by atoms with Gasteiger partial charge >= 0.3 is 0 Å². The van der Waals surface area contributed by atoms with Crippen molar-refractivity contribution in [2.45, 2.75) is 20.4 Å². The number of furan rings is 1. The van der Waals surface area contributed by atoms with Crippen LogP contribution in [0.5, 0.6) is 0 Å². The predicted octanol–water partition coefficient (Wildman–Crippen LogP) is 2.64. The minimum absolute atomic E-state index is 0.176. The second kappa shape index (κ2) is 6.54. The maximum atomic E-state index is 11.9. The number of H-pyrrole nitrogens is 1. The molecule has 2 heterocycles. The third-order valence-electron chi connectivity index (χ3n) is 3.54. The van der Waals surface area contributed by atoms with Gasteiger partial charge in [0.05, 0.1) is 17.8 Å². The van der Waals surface area contributed by atoms with Crippen LogP contribution in [0.25, 0.3) is 22.7 Å². The average Bonchev–Trinajstić information content (AvgIpc) is 2.95. The lowest BCUT2D eigenvalue weighted by Gasteiger charge is -2.04. The van der Waals surface area contributed by atoms with Crippen molar-refractivity contribution in [1.29, 1.82) is 0 Å². The van der Waals surface area contributed by atoms with E-state index in [9.17, 15) is 9.59 Å². The Morgan fingerprint density at radius 2 is 2.00 bits per heavy atom. The molecule has 6 heteroatoms. The molecule has 3 rings (SSSR count). The molecule has 122 valence electrons. The molecule has 3 aromatic rings. The monoisotopic (exact) mass is 323 g/mol. The van der Waals surface area contributed by atoms with E-state index in [4.69, 9.17) is 4.42 Å². The highest BCUT2D eigenvalue weighted by Gasteiger charge is 2.14. The topological polar surface area (TPSA) is 88.0 Å². The largest absolute Gasteiger partial charge is 0.461 e. The molecular weight excluding hydrogens is 306 g/mol. The number of benzene rings is 1. The minimum atomic E-state index is -0.276. The van der Waals surface area contributed by atoms with E-state index in [1.54, 1.807) is 0 Å². The smallest absolute Gasteiger partial charge is 0.251 e. The summed E-state index contributed by atoms with van der Waals surface area (Å²) in [5, 5.41) is 2.64. The van der Waals surface area contributed by atoms with E-state index in [1.165, 1.54) is 13.0 Å². The van der Waals surface area contributed by atoms with E-state index < -0.39 is 0 Å². The van der Waals surface area contributed by atoms with Gasteiger partial charge in [-0.3, -0.25) is 9.59 Å². The third kappa shape index (κ3) is 3.43. The van der Waals surface area contributed by atoms with Crippen molar-refractivity contribution in [3.8, 4) is 22.7 Å². The zero-order chi connectivity index (χ0) is 17.1. The summed E-state index contributed by atoms with van der Waals surface area (Å²) in [6, 6.07) is 12.9. The Morgan fingerprint density at radius 3 is 2.71 bits per heavy atom. The summed E-state index contributed by atoms with van der Waals surface area (Å²) in [4.78, 5) is 30.0. The highest BCUT2D eigenvalue weighted by molar-refractivity contribution is 5.72. The van der Waals surface area contributed by atoms with Gasteiger partial charge in [0.25, 0.3) is 5.56 Å². The van der Waals surface area contributed by atoms with Gasteiger partial charge in [0.2, 0.25) is 5.91 Å². The molecule has 0 aliphatic carbocycles. The molecule has 0 aliphatic heterocycles. The van der Waals surface area contributed by atoms with Crippen molar-refractivity contribution in [2.24, 2.45) is 0 Å². The van der Waals surface area contributed by atoms with E-state index in [1.807, 2.05) is 43.3 Å². The van der Waals surface area contributed by atoms with Gasteiger partial charge < -0.3 is 14.7 Å². The number of aromatic amines is 1. The Labute approximate surface area is 138 Å². The first kappa shape index (κ1) is 15.7. The molecule has 0 saturated heterocycles. The van der Waals surface area contributed by atoms with Crippen LogP contribution in [0, 0.1) is 6.92 Å². The van der Waals surface area contributed by atoms with Crippen LogP contribution in [0.2, 0.25) is 0 Å². The van der Waals surface area contributed by atoms with Gasteiger partial charge in [0.1, 0.15) is 17.3 Å². The maximum absolute atomic E-state index is 11.9. The highest BCUT2D eigenvalue weighted by atomic mass is 16.3. The first-order valence-electron chi connectivity index (χ1n) is 7.54. The fourth-order valence-corrected chi connectivity index (χ4v) is 2.40. The van der Waals surface area contributed by atoms with E-state index in [-0.39, 0.29) is 18.0 Å². The van der Waals surface area contributed by atoms with Crippen molar-refractivity contribution in [3.63, 3.8) is 0 Å². The Morgan fingerprint density at radius 1 is 1.25 bits per heavy atom. The fourth-order valence-electron chi connectivity index (χ4n) is 2.40. The first-order chi connectivity index (χ1) is 11.5. The summed E-state index contributed by atoms with van der Waals surface area (Å²) in [6.45, 7) is 3.44. The Bertz CT molecular complexity index is 926. The molecular formula is C18H17N3O3. The summed E-state index contributed by atoms with van der Waals surface area (Å²) < 4.78 is 5.80. The number of amides is 1. The van der Waals surface area contributed by atoms with Crippen LogP contribution in [0.3, 0.4) is 0 Å². The molecule has 1 aromatic carbocycles. The number of rotatable bonds is 4. The number of nitrogens with zero attached hydrogens (tertiary/aromatic N) is 1. The Kier molecular flexibility index (Phi) is 4.29. The van der Waals surface area contributed by atoms with Gasteiger partial charge in [-0.25, -0.2) is 4.98 Å². The van der Waals surface area contributed by atoms with Crippen molar-refractivity contribution < 1.29 is 9.21 Å². The summed E-state index contributed by atoms with van der Waals surface area (Å²) in [5.41, 5.74) is 1.88. The number of hydrogen-bond acceptors (Lipinski definition) is 4. The highest BCUT2D eigenvalue weighted by Crippen LogP contribution is 2.30. The fraction of sp³-hybridized carbons (Fsp3) is 0.167. The van der Waals surface area contributed by atoms with Crippen molar-refractivity contribution >= 4 is 5.91 Å². The summed E-state index contributed by atoms with van der Waals surface area (Å²) in [6.07, 6.45) is 0. The van der Waals surface area contributed by atoms with Gasteiger partial charge in [-0.1, -0.05) is 30.3 Å². The molecule has 6 nitrogen and oxygen atoms in total. The van der Waals surface area contributed by atoms with Crippen LogP contribution in [-0.4, -0.2) is 15.9 Å². The predicted molar refractivity (Wildman–Crippen MR) is 90.3 cm³/mol. The van der Waals surface area contributed by atoms with E-state index in [2.05, 4.69) is 15.3 Å². The molecule has 0 fully saturated rings. The number of hydrogen-bond donors (Lipinski definition) is 2. The quantitative estimate of drug-likeness (QED) is 0.772. The first-order valence-corrected chi connectivity index (χ1v) is 7.54. The van der Waals surface area contributed by atoms with Crippen LogP contribution >= 0.6 is 0 Å². The zero-order valence-corrected chi connectivity index (χ0v) is 13.4. The lowest BCUT2D eigenvalue weighted by molar-refractivity contribution is -0.119.